The Morgan fingerprint density at radius 1 is 1.20 bits per heavy atom. The standard InChI is InChI=1S/C16H13BrFNO/c1-9-13-8-12(18)5-6-14(13)20-16(9)15(19)10-3-2-4-11(17)7-10/h2-8,15H,19H2,1H3. The molecule has 1 aromatic heterocycles. The summed E-state index contributed by atoms with van der Waals surface area (Å²) < 4.78 is 20.1. The van der Waals surface area contributed by atoms with Crippen LogP contribution in [0.1, 0.15) is 22.9 Å². The van der Waals surface area contributed by atoms with Gasteiger partial charge in [-0.3, -0.25) is 0 Å². The van der Waals surface area contributed by atoms with Crippen LogP contribution < -0.4 is 5.73 Å². The molecule has 0 aliphatic carbocycles. The lowest BCUT2D eigenvalue weighted by Gasteiger charge is -2.10. The van der Waals surface area contributed by atoms with Gasteiger partial charge in [0.05, 0.1) is 6.04 Å². The Morgan fingerprint density at radius 2 is 2.00 bits per heavy atom. The van der Waals surface area contributed by atoms with Crippen molar-refractivity contribution in [2.75, 3.05) is 0 Å². The van der Waals surface area contributed by atoms with Gasteiger partial charge in [0.2, 0.25) is 0 Å². The van der Waals surface area contributed by atoms with Crippen LogP contribution in [-0.4, -0.2) is 0 Å². The molecule has 1 atom stereocenters. The first kappa shape index (κ1) is 13.3. The Bertz CT molecular complexity index is 781. The van der Waals surface area contributed by atoms with E-state index in [1.807, 2.05) is 31.2 Å². The van der Waals surface area contributed by atoms with Crippen molar-refractivity contribution in [3.63, 3.8) is 0 Å². The highest BCUT2D eigenvalue weighted by Crippen LogP contribution is 2.32. The van der Waals surface area contributed by atoms with Gasteiger partial charge in [-0.15, -0.1) is 0 Å². The average Bonchev–Trinajstić information content (AvgIpc) is 2.75. The molecule has 3 aromatic rings. The van der Waals surface area contributed by atoms with Crippen molar-refractivity contribution >= 4 is 26.9 Å². The van der Waals surface area contributed by atoms with Gasteiger partial charge in [0.15, 0.2) is 0 Å². The molecule has 0 spiro atoms. The molecule has 3 rings (SSSR count). The summed E-state index contributed by atoms with van der Waals surface area (Å²) in [5.74, 6) is 0.396. The Hall–Kier alpha value is -1.65. The Balaban J connectivity index is 2.12. The predicted molar refractivity (Wildman–Crippen MR) is 81.1 cm³/mol. The van der Waals surface area contributed by atoms with E-state index in [0.29, 0.717) is 11.3 Å². The molecule has 0 saturated heterocycles. The minimum absolute atomic E-state index is 0.274. The molecule has 0 amide bonds. The molecule has 0 aliphatic heterocycles. The first-order valence-corrected chi connectivity index (χ1v) is 7.05. The third kappa shape index (κ3) is 2.25. The monoisotopic (exact) mass is 333 g/mol. The molecule has 4 heteroatoms. The van der Waals surface area contributed by atoms with Gasteiger partial charge in [-0.05, 0) is 42.8 Å². The molecule has 0 bridgehead atoms. The average molecular weight is 334 g/mol. The Kier molecular flexibility index (Phi) is 3.36. The summed E-state index contributed by atoms with van der Waals surface area (Å²) >= 11 is 3.43. The molecule has 1 unspecified atom stereocenters. The van der Waals surface area contributed by atoms with Crippen LogP contribution in [0.2, 0.25) is 0 Å². The predicted octanol–water partition coefficient (Wildman–Crippen LogP) is 4.69. The summed E-state index contributed by atoms with van der Waals surface area (Å²) in [5, 5.41) is 0.769. The second-order valence-corrected chi connectivity index (χ2v) is 5.68. The molecule has 2 N–H and O–H groups in total. The molecular weight excluding hydrogens is 321 g/mol. The second kappa shape index (κ2) is 5.04. The molecule has 0 radical (unpaired) electrons. The summed E-state index contributed by atoms with van der Waals surface area (Å²) in [6.45, 7) is 1.90. The number of nitrogens with two attached hydrogens (primary N) is 1. The number of furan rings is 1. The number of halogens is 2. The third-order valence-corrected chi connectivity index (χ3v) is 3.92. The molecule has 102 valence electrons. The number of fused-ring (bicyclic) bond motifs is 1. The van der Waals surface area contributed by atoms with Crippen molar-refractivity contribution in [3.8, 4) is 0 Å². The molecule has 20 heavy (non-hydrogen) atoms. The van der Waals surface area contributed by atoms with E-state index in [9.17, 15) is 4.39 Å². The fraction of sp³-hybridized carbons (Fsp3) is 0.125. The van der Waals surface area contributed by atoms with Gasteiger partial charge in [0.1, 0.15) is 17.2 Å². The van der Waals surface area contributed by atoms with Crippen molar-refractivity contribution in [3.05, 3.63) is 69.6 Å². The fourth-order valence-electron chi connectivity index (χ4n) is 2.36. The van der Waals surface area contributed by atoms with E-state index in [1.165, 1.54) is 12.1 Å². The van der Waals surface area contributed by atoms with Gasteiger partial charge in [-0.25, -0.2) is 4.39 Å². The molecule has 0 fully saturated rings. The molecule has 2 nitrogen and oxygen atoms in total. The molecule has 0 saturated carbocycles. The molecular formula is C16H13BrFNO. The molecule has 0 aliphatic rings. The minimum atomic E-state index is -0.372. The zero-order valence-electron chi connectivity index (χ0n) is 10.9. The largest absolute Gasteiger partial charge is 0.459 e. The summed E-state index contributed by atoms with van der Waals surface area (Å²) in [7, 11) is 0. The summed E-state index contributed by atoms with van der Waals surface area (Å²) in [6.07, 6.45) is 0. The fourth-order valence-corrected chi connectivity index (χ4v) is 2.78. The number of benzene rings is 2. The highest BCUT2D eigenvalue weighted by atomic mass is 79.9. The van der Waals surface area contributed by atoms with Crippen LogP contribution in [0, 0.1) is 12.7 Å². The van der Waals surface area contributed by atoms with Crippen LogP contribution in [-0.2, 0) is 0 Å². The van der Waals surface area contributed by atoms with Crippen LogP contribution in [0.25, 0.3) is 11.0 Å². The smallest absolute Gasteiger partial charge is 0.134 e. The lowest BCUT2D eigenvalue weighted by molar-refractivity contribution is 0.520. The Morgan fingerprint density at radius 3 is 2.75 bits per heavy atom. The van der Waals surface area contributed by atoms with Crippen molar-refractivity contribution in [2.24, 2.45) is 5.73 Å². The van der Waals surface area contributed by atoms with Crippen LogP contribution in [0.4, 0.5) is 4.39 Å². The van der Waals surface area contributed by atoms with Gasteiger partial charge in [0.25, 0.3) is 0 Å². The van der Waals surface area contributed by atoms with Gasteiger partial charge in [-0.1, -0.05) is 28.1 Å². The maximum Gasteiger partial charge on any atom is 0.134 e. The highest BCUT2D eigenvalue weighted by molar-refractivity contribution is 9.10. The van der Waals surface area contributed by atoms with Crippen molar-refractivity contribution < 1.29 is 8.81 Å². The lowest BCUT2D eigenvalue weighted by atomic mass is 10.0. The first-order chi connectivity index (χ1) is 9.56. The van der Waals surface area contributed by atoms with Gasteiger partial charge < -0.3 is 10.2 Å². The highest BCUT2D eigenvalue weighted by Gasteiger charge is 2.19. The third-order valence-electron chi connectivity index (χ3n) is 3.43. The number of hydrogen-bond donors (Lipinski definition) is 1. The van der Waals surface area contributed by atoms with Gasteiger partial charge >= 0.3 is 0 Å². The SMILES string of the molecule is Cc1c(C(N)c2cccc(Br)c2)oc2ccc(F)cc12. The summed E-state index contributed by atoms with van der Waals surface area (Å²) in [6, 6.07) is 11.9. The maximum absolute atomic E-state index is 13.3. The van der Waals surface area contributed by atoms with Crippen molar-refractivity contribution in [1.29, 1.82) is 0 Å². The lowest BCUT2D eigenvalue weighted by Crippen LogP contribution is -2.11. The molecule has 1 heterocycles. The number of hydrogen-bond acceptors (Lipinski definition) is 2. The van der Waals surface area contributed by atoms with E-state index in [2.05, 4.69) is 15.9 Å². The zero-order chi connectivity index (χ0) is 14.3. The van der Waals surface area contributed by atoms with E-state index in [4.69, 9.17) is 10.2 Å². The molecule has 2 aromatic carbocycles. The van der Waals surface area contributed by atoms with Crippen molar-refractivity contribution in [1.82, 2.24) is 0 Å². The van der Waals surface area contributed by atoms with Crippen LogP contribution in [0.3, 0.4) is 0 Å². The van der Waals surface area contributed by atoms with E-state index in [1.54, 1.807) is 6.07 Å². The Labute approximate surface area is 124 Å². The van der Waals surface area contributed by atoms with Crippen LogP contribution in [0.5, 0.6) is 0 Å². The van der Waals surface area contributed by atoms with Crippen LogP contribution >= 0.6 is 15.9 Å². The maximum atomic E-state index is 13.3. The van der Waals surface area contributed by atoms with E-state index < -0.39 is 0 Å². The van der Waals surface area contributed by atoms with Crippen LogP contribution in [0.15, 0.2) is 51.4 Å². The zero-order valence-corrected chi connectivity index (χ0v) is 12.4. The van der Waals surface area contributed by atoms with Crippen molar-refractivity contribution in [2.45, 2.75) is 13.0 Å². The van der Waals surface area contributed by atoms with E-state index in [0.717, 1.165) is 21.0 Å². The minimum Gasteiger partial charge on any atom is -0.459 e. The van der Waals surface area contributed by atoms with Gasteiger partial charge in [0, 0.05) is 15.4 Å². The first-order valence-electron chi connectivity index (χ1n) is 6.26. The number of aryl methyl sites for hydroxylation is 1. The normalized spacial score (nSPS) is 12.8. The number of rotatable bonds is 2. The van der Waals surface area contributed by atoms with E-state index >= 15 is 0 Å². The van der Waals surface area contributed by atoms with E-state index in [-0.39, 0.29) is 11.9 Å². The second-order valence-electron chi connectivity index (χ2n) is 4.76. The quantitative estimate of drug-likeness (QED) is 0.738. The summed E-state index contributed by atoms with van der Waals surface area (Å²) in [4.78, 5) is 0. The topological polar surface area (TPSA) is 39.2 Å². The van der Waals surface area contributed by atoms with Gasteiger partial charge in [-0.2, -0.15) is 0 Å². The summed E-state index contributed by atoms with van der Waals surface area (Å²) in [5.41, 5.74) is 8.76.